The summed E-state index contributed by atoms with van der Waals surface area (Å²) in [7, 11) is 0. The van der Waals surface area contributed by atoms with Gasteiger partial charge in [-0.15, -0.1) is 0 Å². The van der Waals surface area contributed by atoms with E-state index in [-0.39, 0.29) is 16.1 Å². The first-order valence-electron chi connectivity index (χ1n) is 4.74. The Balaban J connectivity index is 2.02. The Labute approximate surface area is 107 Å². The van der Waals surface area contributed by atoms with Gasteiger partial charge < -0.3 is 10.3 Å². The van der Waals surface area contributed by atoms with E-state index < -0.39 is 0 Å². The van der Waals surface area contributed by atoms with Gasteiger partial charge in [-0.2, -0.15) is 0 Å². The lowest BCUT2D eigenvalue weighted by Gasteiger charge is -2.03. The molecule has 17 heavy (non-hydrogen) atoms. The third kappa shape index (κ3) is 2.95. The van der Waals surface area contributed by atoms with E-state index in [4.69, 9.17) is 23.2 Å². The van der Waals surface area contributed by atoms with E-state index in [1.165, 1.54) is 12.3 Å². The second kappa shape index (κ2) is 5.16. The molecule has 0 spiro atoms. The van der Waals surface area contributed by atoms with E-state index in [1.54, 1.807) is 12.4 Å². The first-order valence-corrected chi connectivity index (χ1v) is 5.50. The number of imidazole rings is 1. The molecule has 2 N–H and O–H groups in total. The first kappa shape index (κ1) is 11.9. The predicted molar refractivity (Wildman–Crippen MR) is 64.0 cm³/mol. The molecule has 0 saturated heterocycles. The fraction of sp³-hybridized carbons (Fsp3) is 0.100. The Morgan fingerprint density at radius 3 is 2.88 bits per heavy atom. The van der Waals surface area contributed by atoms with Crippen LogP contribution in [0.5, 0.6) is 0 Å². The molecule has 2 heterocycles. The van der Waals surface area contributed by atoms with Crippen LogP contribution in [0.2, 0.25) is 10.2 Å². The average molecular weight is 271 g/mol. The second-order valence-corrected chi connectivity index (χ2v) is 3.98. The van der Waals surface area contributed by atoms with Gasteiger partial charge in [0.25, 0.3) is 5.91 Å². The van der Waals surface area contributed by atoms with Crippen molar-refractivity contribution in [1.29, 1.82) is 0 Å². The van der Waals surface area contributed by atoms with Crippen molar-refractivity contribution in [2.45, 2.75) is 6.54 Å². The number of nitrogens with zero attached hydrogens (tertiary/aromatic N) is 2. The van der Waals surface area contributed by atoms with Gasteiger partial charge in [0.05, 0.1) is 17.1 Å². The van der Waals surface area contributed by atoms with Crippen molar-refractivity contribution in [3.05, 3.63) is 46.2 Å². The van der Waals surface area contributed by atoms with Crippen molar-refractivity contribution in [1.82, 2.24) is 20.3 Å². The van der Waals surface area contributed by atoms with Crippen LogP contribution in [0.4, 0.5) is 0 Å². The summed E-state index contributed by atoms with van der Waals surface area (Å²) in [5.74, 6) is 0.388. The highest BCUT2D eigenvalue weighted by atomic mass is 35.5. The Bertz CT molecular complexity index is 527. The Morgan fingerprint density at radius 1 is 1.41 bits per heavy atom. The topological polar surface area (TPSA) is 70.7 Å². The molecule has 0 radical (unpaired) electrons. The molecule has 2 rings (SSSR count). The summed E-state index contributed by atoms with van der Waals surface area (Å²) in [5, 5.41) is 3.10. The van der Waals surface area contributed by atoms with Crippen molar-refractivity contribution in [3.8, 4) is 0 Å². The molecular weight excluding hydrogens is 263 g/mol. The van der Waals surface area contributed by atoms with Crippen LogP contribution < -0.4 is 5.32 Å². The minimum Gasteiger partial charge on any atom is -0.347 e. The Morgan fingerprint density at radius 2 is 2.24 bits per heavy atom. The number of amides is 1. The van der Waals surface area contributed by atoms with Gasteiger partial charge >= 0.3 is 0 Å². The molecule has 2 aromatic heterocycles. The lowest BCUT2D eigenvalue weighted by molar-refractivity contribution is 0.0949. The molecule has 0 aliphatic rings. The maximum atomic E-state index is 11.7. The minimum atomic E-state index is -0.285. The van der Waals surface area contributed by atoms with Gasteiger partial charge in [-0.1, -0.05) is 23.2 Å². The van der Waals surface area contributed by atoms with Crippen LogP contribution in [0.25, 0.3) is 0 Å². The standard InChI is InChI=1S/C10H8Cl2N4O/c11-7-3-6(4-15-9(7)12)10(17)16-5-8-13-1-2-14-8/h1-4H,5H2,(H,13,14)(H,16,17). The Hall–Kier alpha value is -1.59. The molecule has 0 atom stereocenters. The van der Waals surface area contributed by atoms with Crippen molar-refractivity contribution < 1.29 is 4.79 Å². The van der Waals surface area contributed by atoms with Crippen molar-refractivity contribution >= 4 is 29.1 Å². The number of halogens is 2. The molecule has 1 amide bonds. The molecule has 0 saturated carbocycles. The maximum Gasteiger partial charge on any atom is 0.253 e. The number of aromatic nitrogens is 3. The fourth-order valence-electron chi connectivity index (χ4n) is 1.21. The molecular formula is C10H8Cl2N4O. The molecule has 0 aliphatic carbocycles. The summed E-state index contributed by atoms with van der Waals surface area (Å²) in [5.41, 5.74) is 0.353. The zero-order valence-corrected chi connectivity index (χ0v) is 10.1. The van der Waals surface area contributed by atoms with E-state index in [0.29, 0.717) is 17.9 Å². The van der Waals surface area contributed by atoms with Crippen LogP contribution in [-0.4, -0.2) is 20.9 Å². The number of hydrogen-bond acceptors (Lipinski definition) is 3. The molecule has 5 nitrogen and oxygen atoms in total. The van der Waals surface area contributed by atoms with Crippen molar-refractivity contribution in [2.75, 3.05) is 0 Å². The molecule has 0 unspecified atom stereocenters. The summed E-state index contributed by atoms with van der Waals surface area (Å²) in [6.07, 6.45) is 4.66. The van der Waals surface area contributed by atoms with Gasteiger partial charge in [0.1, 0.15) is 11.0 Å². The van der Waals surface area contributed by atoms with Gasteiger partial charge in [-0.25, -0.2) is 9.97 Å². The van der Waals surface area contributed by atoms with E-state index in [0.717, 1.165) is 0 Å². The highest BCUT2D eigenvalue weighted by molar-refractivity contribution is 6.41. The van der Waals surface area contributed by atoms with Crippen LogP contribution in [-0.2, 0) is 6.54 Å². The first-order chi connectivity index (χ1) is 8.16. The fourth-order valence-corrected chi connectivity index (χ4v) is 1.48. The smallest absolute Gasteiger partial charge is 0.253 e. The molecule has 0 aromatic carbocycles. The average Bonchev–Trinajstić information content (AvgIpc) is 2.82. The second-order valence-electron chi connectivity index (χ2n) is 3.22. The van der Waals surface area contributed by atoms with Gasteiger partial charge in [0.2, 0.25) is 0 Å². The largest absolute Gasteiger partial charge is 0.347 e. The third-order valence-electron chi connectivity index (χ3n) is 2.03. The summed E-state index contributed by atoms with van der Waals surface area (Å²) >= 11 is 11.4. The van der Waals surface area contributed by atoms with E-state index in [1.807, 2.05) is 0 Å². The van der Waals surface area contributed by atoms with E-state index >= 15 is 0 Å². The molecule has 0 aliphatic heterocycles. The lowest BCUT2D eigenvalue weighted by atomic mass is 10.2. The highest BCUT2D eigenvalue weighted by Gasteiger charge is 2.09. The third-order valence-corrected chi connectivity index (χ3v) is 2.72. The molecule has 88 valence electrons. The molecule has 0 bridgehead atoms. The van der Waals surface area contributed by atoms with Crippen LogP contribution in [0.15, 0.2) is 24.7 Å². The van der Waals surface area contributed by atoms with E-state index in [9.17, 15) is 4.79 Å². The summed E-state index contributed by atoms with van der Waals surface area (Å²) in [6.45, 7) is 0.312. The van der Waals surface area contributed by atoms with Crippen LogP contribution in [0, 0.1) is 0 Å². The molecule has 0 fully saturated rings. The Kier molecular flexibility index (Phi) is 3.61. The van der Waals surface area contributed by atoms with Crippen molar-refractivity contribution in [3.63, 3.8) is 0 Å². The molecule has 7 heteroatoms. The number of nitrogens with one attached hydrogen (secondary N) is 2. The lowest BCUT2D eigenvalue weighted by Crippen LogP contribution is -2.23. The van der Waals surface area contributed by atoms with Crippen molar-refractivity contribution in [2.24, 2.45) is 0 Å². The van der Waals surface area contributed by atoms with Gasteiger partial charge in [-0.05, 0) is 6.07 Å². The number of carbonyl (C=O) groups is 1. The number of aromatic amines is 1. The zero-order chi connectivity index (χ0) is 12.3. The van der Waals surface area contributed by atoms with Gasteiger partial charge in [-0.3, -0.25) is 4.79 Å². The number of carbonyl (C=O) groups excluding carboxylic acids is 1. The SMILES string of the molecule is O=C(NCc1ncc[nH]1)c1cnc(Cl)c(Cl)c1. The zero-order valence-electron chi connectivity index (χ0n) is 8.58. The predicted octanol–water partition coefficient (Wildman–Crippen LogP) is 2.04. The maximum absolute atomic E-state index is 11.7. The number of pyridine rings is 1. The quantitative estimate of drug-likeness (QED) is 0.839. The summed E-state index contributed by atoms with van der Waals surface area (Å²) in [4.78, 5) is 22.4. The minimum absolute atomic E-state index is 0.175. The highest BCUT2D eigenvalue weighted by Crippen LogP contribution is 2.19. The molecule has 2 aromatic rings. The number of H-pyrrole nitrogens is 1. The van der Waals surface area contributed by atoms with Gasteiger partial charge in [0.15, 0.2) is 0 Å². The summed E-state index contributed by atoms with van der Waals surface area (Å²) in [6, 6.07) is 1.47. The normalized spacial score (nSPS) is 10.2. The van der Waals surface area contributed by atoms with Crippen LogP contribution in [0.3, 0.4) is 0 Å². The monoisotopic (exact) mass is 270 g/mol. The number of hydrogen-bond donors (Lipinski definition) is 2. The van der Waals surface area contributed by atoms with Gasteiger partial charge in [0, 0.05) is 18.6 Å². The van der Waals surface area contributed by atoms with Crippen LogP contribution >= 0.6 is 23.2 Å². The number of rotatable bonds is 3. The van der Waals surface area contributed by atoms with E-state index in [2.05, 4.69) is 20.3 Å². The van der Waals surface area contributed by atoms with Crippen LogP contribution in [0.1, 0.15) is 16.2 Å². The summed E-state index contributed by atoms with van der Waals surface area (Å²) < 4.78 is 0.